The van der Waals surface area contributed by atoms with Gasteiger partial charge in [0.2, 0.25) is 15.9 Å². The SMILES string of the molecule is CC(C)(C)OC(=O)N1CCC[C@@H](N2CCCC(Nc3ccccc3S(=O)(=O)N3CCCCC3)C2=O)C1. The standard InChI is InChI=1S/C26H40N4O5S/c1-26(2,3)35-25(32)28-15-9-11-20(19-28)30-18-10-13-22(24(30)31)27-21-12-5-6-14-23(21)36(33,34)29-16-7-4-8-17-29/h5-6,12,14,20,22,27H,4,7-11,13,15-19H2,1-3H3/t20-,22?/m1/s1. The molecule has 1 aromatic rings. The highest BCUT2D eigenvalue weighted by molar-refractivity contribution is 7.89. The lowest BCUT2D eigenvalue weighted by atomic mass is 9.98. The predicted molar refractivity (Wildman–Crippen MR) is 138 cm³/mol. The molecule has 0 spiro atoms. The summed E-state index contributed by atoms with van der Waals surface area (Å²) >= 11 is 0. The lowest BCUT2D eigenvalue weighted by Crippen LogP contribution is -2.57. The van der Waals surface area contributed by atoms with Crippen LogP contribution in [-0.4, -0.2) is 84.9 Å². The number of benzene rings is 1. The molecule has 3 heterocycles. The van der Waals surface area contributed by atoms with E-state index in [1.54, 1.807) is 33.5 Å². The molecule has 3 saturated heterocycles. The molecule has 1 unspecified atom stereocenters. The van der Waals surface area contributed by atoms with Gasteiger partial charge < -0.3 is 19.9 Å². The molecular weight excluding hydrogens is 480 g/mol. The van der Waals surface area contributed by atoms with Crippen molar-refractivity contribution in [3.8, 4) is 0 Å². The monoisotopic (exact) mass is 520 g/mol. The molecule has 3 fully saturated rings. The maximum absolute atomic E-state index is 13.6. The number of carbonyl (C=O) groups is 2. The molecule has 9 nitrogen and oxygen atoms in total. The van der Waals surface area contributed by atoms with Gasteiger partial charge in [-0.05, 0) is 71.4 Å². The summed E-state index contributed by atoms with van der Waals surface area (Å²) in [6, 6.07) is 6.31. The van der Waals surface area contributed by atoms with Crippen molar-refractivity contribution in [2.24, 2.45) is 0 Å². The van der Waals surface area contributed by atoms with Gasteiger partial charge in [0.25, 0.3) is 0 Å². The lowest BCUT2D eigenvalue weighted by molar-refractivity contribution is -0.138. The van der Waals surface area contributed by atoms with Crippen LogP contribution in [0.25, 0.3) is 0 Å². The molecule has 1 N–H and O–H groups in total. The second-order valence-corrected chi connectivity index (χ2v) is 13.0. The highest BCUT2D eigenvalue weighted by atomic mass is 32.2. The normalized spacial score (nSPS) is 24.5. The summed E-state index contributed by atoms with van der Waals surface area (Å²) in [5.74, 6) is -0.0394. The maximum Gasteiger partial charge on any atom is 0.410 e. The Labute approximate surface area is 215 Å². The van der Waals surface area contributed by atoms with Gasteiger partial charge in [-0.2, -0.15) is 4.31 Å². The van der Waals surface area contributed by atoms with Gasteiger partial charge in [-0.25, -0.2) is 13.2 Å². The minimum atomic E-state index is -3.64. The highest BCUT2D eigenvalue weighted by Gasteiger charge is 2.38. The molecule has 1 aromatic carbocycles. The number of piperidine rings is 3. The number of nitrogens with one attached hydrogen (secondary N) is 1. The topological polar surface area (TPSA) is 99.3 Å². The largest absolute Gasteiger partial charge is 0.444 e. The van der Waals surface area contributed by atoms with Crippen LogP contribution >= 0.6 is 0 Å². The minimum absolute atomic E-state index is 0.0394. The average Bonchev–Trinajstić information content (AvgIpc) is 2.85. The van der Waals surface area contributed by atoms with Crippen LogP contribution in [0.1, 0.15) is 65.7 Å². The van der Waals surface area contributed by atoms with E-state index in [-0.39, 0.29) is 22.9 Å². The molecule has 36 heavy (non-hydrogen) atoms. The lowest BCUT2D eigenvalue weighted by Gasteiger charge is -2.43. The molecule has 2 amide bonds. The number of rotatable bonds is 5. The van der Waals surface area contributed by atoms with Crippen molar-refractivity contribution >= 4 is 27.7 Å². The van der Waals surface area contributed by atoms with Gasteiger partial charge in [-0.15, -0.1) is 0 Å². The Morgan fingerprint density at radius 1 is 0.972 bits per heavy atom. The third kappa shape index (κ3) is 6.14. The van der Waals surface area contributed by atoms with E-state index in [1.165, 1.54) is 0 Å². The first-order valence-electron chi connectivity index (χ1n) is 13.2. The molecule has 0 aliphatic carbocycles. The fraction of sp³-hybridized carbons (Fsp3) is 0.692. The average molecular weight is 521 g/mol. The number of amides is 2. The van der Waals surface area contributed by atoms with Gasteiger partial charge in [0.1, 0.15) is 16.5 Å². The first-order valence-corrected chi connectivity index (χ1v) is 14.6. The Bertz CT molecular complexity index is 1050. The van der Waals surface area contributed by atoms with Crippen LogP contribution in [-0.2, 0) is 19.6 Å². The van der Waals surface area contributed by atoms with Crippen LogP contribution in [0, 0.1) is 0 Å². The Morgan fingerprint density at radius 2 is 1.67 bits per heavy atom. The van der Waals surface area contributed by atoms with E-state index in [0.29, 0.717) is 44.8 Å². The van der Waals surface area contributed by atoms with E-state index in [9.17, 15) is 18.0 Å². The second-order valence-electron chi connectivity index (χ2n) is 11.1. The van der Waals surface area contributed by atoms with Crippen LogP contribution in [0.4, 0.5) is 10.5 Å². The van der Waals surface area contributed by atoms with Crippen molar-refractivity contribution in [1.82, 2.24) is 14.1 Å². The van der Waals surface area contributed by atoms with E-state index in [0.717, 1.165) is 38.5 Å². The molecule has 0 saturated carbocycles. The van der Waals surface area contributed by atoms with Crippen LogP contribution in [0.5, 0.6) is 0 Å². The minimum Gasteiger partial charge on any atom is -0.444 e. The van der Waals surface area contributed by atoms with E-state index >= 15 is 0 Å². The zero-order valence-electron chi connectivity index (χ0n) is 21.7. The summed E-state index contributed by atoms with van der Waals surface area (Å²) in [4.78, 5) is 30.0. The molecule has 200 valence electrons. The molecule has 3 aliphatic rings. The summed E-state index contributed by atoms with van der Waals surface area (Å²) in [7, 11) is -3.64. The number of nitrogens with zero attached hydrogens (tertiary/aromatic N) is 3. The zero-order chi connectivity index (χ0) is 25.9. The molecule has 0 aromatic heterocycles. The van der Waals surface area contributed by atoms with Gasteiger partial charge in [0, 0.05) is 38.8 Å². The first-order chi connectivity index (χ1) is 17.1. The summed E-state index contributed by atoms with van der Waals surface area (Å²) in [5, 5.41) is 3.28. The number of para-hydroxylation sites is 1. The van der Waals surface area contributed by atoms with Gasteiger partial charge in [-0.1, -0.05) is 18.6 Å². The van der Waals surface area contributed by atoms with Crippen molar-refractivity contribution in [3.63, 3.8) is 0 Å². The molecular formula is C26H40N4O5S. The van der Waals surface area contributed by atoms with Crippen LogP contribution < -0.4 is 5.32 Å². The Morgan fingerprint density at radius 3 is 2.39 bits per heavy atom. The second kappa shape index (κ2) is 11.0. The summed E-state index contributed by atoms with van der Waals surface area (Å²) < 4.78 is 33.9. The van der Waals surface area contributed by atoms with Crippen molar-refractivity contribution in [3.05, 3.63) is 24.3 Å². The van der Waals surface area contributed by atoms with E-state index in [2.05, 4.69) is 5.32 Å². The number of ether oxygens (including phenoxy) is 1. The molecule has 10 heteroatoms. The van der Waals surface area contributed by atoms with Gasteiger partial charge >= 0.3 is 6.09 Å². The third-order valence-electron chi connectivity index (χ3n) is 7.11. The van der Waals surface area contributed by atoms with Crippen LogP contribution in [0.15, 0.2) is 29.2 Å². The fourth-order valence-corrected chi connectivity index (χ4v) is 7.01. The van der Waals surface area contributed by atoms with E-state index in [4.69, 9.17) is 4.74 Å². The first kappa shape index (κ1) is 26.7. The number of carbonyl (C=O) groups excluding carboxylic acids is 2. The maximum atomic E-state index is 13.6. The Balaban J connectivity index is 1.46. The quantitative estimate of drug-likeness (QED) is 0.636. The number of anilines is 1. The number of hydrogen-bond acceptors (Lipinski definition) is 6. The molecule has 2 atom stereocenters. The van der Waals surface area contributed by atoms with Crippen molar-refractivity contribution in [2.75, 3.05) is 38.0 Å². The number of likely N-dealkylation sites (tertiary alicyclic amines) is 2. The summed E-state index contributed by atoms with van der Waals surface area (Å²) in [5.41, 5.74) is -0.0932. The number of hydrogen-bond donors (Lipinski definition) is 1. The van der Waals surface area contributed by atoms with Crippen LogP contribution in [0.3, 0.4) is 0 Å². The molecule has 0 bridgehead atoms. The van der Waals surface area contributed by atoms with Crippen molar-refractivity contribution in [2.45, 2.75) is 88.3 Å². The van der Waals surface area contributed by atoms with Crippen molar-refractivity contribution in [1.29, 1.82) is 0 Å². The third-order valence-corrected chi connectivity index (χ3v) is 9.07. The Hall–Kier alpha value is -2.33. The fourth-order valence-electron chi connectivity index (χ4n) is 5.34. The predicted octanol–water partition coefficient (Wildman–Crippen LogP) is 3.66. The summed E-state index contributed by atoms with van der Waals surface area (Å²) in [6.45, 7) is 8.31. The smallest absolute Gasteiger partial charge is 0.410 e. The Kier molecular flexibility index (Phi) is 8.14. The highest BCUT2D eigenvalue weighted by Crippen LogP contribution is 2.30. The van der Waals surface area contributed by atoms with Crippen molar-refractivity contribution < 1.29 is 22.7 Å². The van der Waals surface area contributed by atoms with Gasteiger partial charge in [0.05, 0.1) is 5.69 Å². The van der Waals surface area contributed by atoms with Gasteiger partial charge in [0.15, 0.2) is 0 Å². The van der Waals surface area contributed by atoms with Gasteiger partial charge in [-0.3, -0.25) is 4.79 Å². The molecule has 0 radical (unpaired) electrons. The molecule has 4 rings (SSSR count). The van der Waals surface area contributed by atoms with E-state index < -0.39 is 21.7 Å². The number of sulfonamides is 1. The summed E-state index contributed by atoms with van der Waals surface area (Å²) in [6.07, 6.45) is 5.52. The molecule has 3 aliphatic heterocycles. The van der Waals surface area contributed by atoms with Crippen LogP contribution in [0.2, 0.25) is 0 Å². The van der Waals surface area contributed by atoms with E-state index in [1.807, 2.05) is 25.7 Å². The zero-order valence-corrected chi connectivity index (χ0v) is 22.6.